The van der Waals surface area contributed by atoms with E-state index in [-0.39, 0.29) is 11.6 Å². The minimum absolute atomic E-state index is 0.0188. The molecule has 1 N–H and O–H groups in total. The molecule has 0 saturated carbocycles. The first kappa shape index (κ1) is 14.9. The van der Waals surface area contributed by atoms with Gasteiger partial charge in [-0.15, -0.1) is 11.3 Å². The first-order valence-electron chi connectivity index (χ1n) is 6.13. The fourth-order valence-corrected chi connectivity index (χ4v) is 2.37. The van der Waals surface area contributed by atoms with Crippen LogP contribution in [0.2, 0.25) is 0 Å². The van der Waals surface area contributed by atoms with Crippen LogP contribution in [0, 0.1) is 24.0 Å². The van der Waals surface area contributed by atoms with Crippen molar-refractivity contribution in [2.45, 2.75) is 13.8 Å². The predicted octanol–water partition coefficient (Wildman–Crippen LogP) is 3.32. The fraction of sp³-hybridized carbons (Fsp3) is 0.143. The van der Waals surface area contributed by atoms with E-state index in [1.165, 1.54) is 29.5 Å². The molecule has 0 fully saturated rings. The van der Waals surface area contributed by atoms with Crippen molar-refractivity contribution in [3.05, 3.63) is 56.6 Å². The van der Waals surface area contributed by atoms with Gasteiger partial charge in [0.1, 0.15) is 0 Å². The summed E-state index contributed by atoms with van der Waals surface area (Å²) in [6.07, 6.45) is 2.96. The van der Waals surface area contributed by atoms with Gasteiger partial charge in [0.05, 0.1) is 10.6 Å². The van der Waals surface area contributed by atoms with E-state index in [0.717, 1.165) is 10.6 Å². The summed E-state index contributed by atoms with van der Waals surface area (Å²) >= 11 is 1.42. The average Bonchev–Trinajstić information content (AvgIpc) is 2.75. The number of nitrogens with zero attached hydrogens (tertiary/aromatic N) is 2. The molecule has 21 heavy (non-hydrogen) atoms. The van der Waals surface area contributed by atoms with E-state index in [2.05, 4.69) is 10.3 Å². The Morgan fingerprint density at radius 3 is 2.52 bits per heavy atom. The molecule has 2 rings (SSSR count). The number of hydrogen-bond acceptors (Lipinski definition) is 5. The quantitative estimate of drug-likeness (QED) is 0.533. The number of rotatable bonds is 4. The maximum absolute atomic E-state index is 11.7. The average molecular weight is 303 g/mol. The minimum Gasteiger partial charge on any atom is -0.298 e. The zero-order chi connectivity index (χ0) is 15.4. The summed E-state index contributed by atoms with van der Waals surface area (Å²) in [5, 5.41) is 13.8. The summed E-state index contributed by atoms with van der Waals surface area (Å²) in [7, 11) is 0. The molecule has 6 nitrogen and oxygen atoms in total. The molecule has 0 bridgehead atoms. The highest BCUT2D eigenvalue weighted by Crippen LogP contribution is 2.21. The van der Waals surface area contributed by atoms with E-state index < -0.39 is 4.92 Å². The van der Waals surface area contributed by atoms with Crippen molar-refractivity contribution in [1.82, 2.24) is 4.98 Å². The summed E-state index contributed by atoms with van der Waals surface area (Å²) in [5.41, 5.74) is 1.63. The lowest BCUT2D eigenvalue weighted by molar-refractivity contribution is -0.384. The van der Waals surface area contributed by atoms with E-state index in [9.17, 15) is 14.9 Å². The van der Waals surface area contributed by atoms with E-state index in [1.807, 2.05) is 13.8 Å². The van der Waals surface area contributed by atoms with Gasteiger partial charge in [-0.2, -0.15) is 0 Å². The first-order valence-corrected chi connectivity index (χ1v) is 6.95. The maximum atomic E-state index is 11.7. The Balaban J connectivity index is 2.00. The molecule has 0 spiro atoms. The Morgan fingerprint density at radius 1 is 1.33 bits per heavy atom. The lowest BCUT2D eigenvalue weighted by Crippen LogP contribution is -2.07. The van der Waals surface area contributed by atoms with E-state index >= 15 is 0 Å². The third-order valence-corrected chi connectivity index (χ3v) is 3.78. The van der Waals surface area contributed by atoms with Crippen LogP contribution in [0.4, 0.5) is 10.8 Å². The number of carbonyl (C=O) groups is 1. The van der Waals surface area contributed by atoms with Crippen molar-refractivity contribution in [2.24, 2.45) is 0 Å². The van der Waals surface area contributed by atoms with Crippen LogP contribution in [0.1, 0.15) is 16.1 Å². The highest BCUT2D eigenvalue weighted by atomic mass is 32.1. The standard InChI is InChI=1S/C14H13N3O3S/c1-9-10(2)21-14(15-9)16-13(18)8-5-11-3-6-12(7-4-11)17(19)20/h3-8H,1-2H3,(H,15,16,18)/b8-5-. The van der Waals surface area contributed by atoms with Gasteiger partial charge in [-0.05, 0) is 37.6 Å². The number of nitrogens with one attached hydrogen (secondary N) is 1. The van der Waals surface area contributed by atoms with Crippen molar-refractivity contribution in [1.29, 1.82) is 0 Å². The number of nitro groups is 1. The van der Waals surface area contributed by atoms with Crippen LogP contribution >= 0.6 is 11.3 Å². The molecule has 1 heterocycles. The van der Waals surface area contributed by atoms with Gasteiger partial charge in [0.15, 0.2) is 5.13 Å². The number of aryl methyl sites for hydroxylation is 2. The Bertz CT molecular complexity index is 685. The normalized spacial score (nSPS) is 10.8. The van der Waals surface area contributed by atoms with Gasteiger partial charge < -0.3 is 0 Å². The number of non-ortho nitro benzene ring substituents is 1. The van der Waals surface area contributed by atoms with Crippen molar-refractivity contribution < 1.29 is 9.72 Å². The van der Waals surface area contributed by atoms with Gasteiger partial charge in [0.2, 0.25) is 5.91 Å². The van der Waals surface area contributed by atoms with Crippen LogP contribution < -0.4 is 5.32 Å². The van der Waals surface area contributed by atoms with Gasteiger partial charge in [-0.25, -0.2) is 4.98 Å². The smallest absolute Gasteiger partial charge is 0.269 e. The number of anilines is 1. The van der Waals surface area contributed by atoms with E-state index in [0.29, 0.717) is 10.7 Å². The third-order valence-electron chi connectivity index (χ3n) is 2.79. The zero-order valence-corrected chi connectivity index (χ0v) is 12.3. The highest BCUT2D eigenvalue weighted by molar-refractivity contribution is 7.15. The molecule has 7 heteroatoms. The van der Waals surface area contributed by atoms with E-state index in [1.54, 1.807) is 18.2 Å². The summed E-state index contributed by atoms with van der Waals surface area (Å²) in [4.78, 5) is 27.1. The lowest BCUT2D eigenvalue weighted by Gasteiger charge is -1.96. The Hall–Kier alpha value is -2.54. The number of nitro benzene ring substituents is 1. The van der Waals surface area contributed by atoms with Crippen LogP contribution in [0.3, 0.4) is 0 Å². The molecular formula is C14H13N3O3S. The Labute approximate surface area is 125 Å². The van der Waals surface area contributed by atoms with Crippen molar-refractivity contribution in [3.8, 4) is 0 Å². The zero-order valence-electron chi connectivity index (χ0n) is 11.5. The lowest BCUT2D eigenvalue weighted by atomic mass is 10.2. The van der Waals surface area contributed by atoms with Crippen LogP contribution in [0.25, 0.3) is 6.08 Å². The number of carbonyl (C=O) groups excluding carboxylic acids is 1. The largest absolute Gasteiger partial charge is 0.298 e. The molecule has 0 saturated heterocycles. The van der Waals surface area contributed by atoms with Crippen molar-refractivity contribution >= 4 is 34.1 Å². The van der Waals surface area contributed by atoms with Gasteiger partial charge in [0.25, 0.3) is 5.69 Å². The summed E-state index contributed by atoms with van der Waals surface area (Å²) in [6, 6.07) is 5.95. The first-order chi connectivity index (χ1) is 9.95. The molecule has 1 aromatic heterocycles. The minimum atomic E-state index is -0.465. The van der Waals surface area contributed by atoms with Gasteiger partial charge in [-0.3, -0.25) is 20.2 Å². The second-order valence-electron chi connectivity index (χ2n) is 4.33. The molecular weight excluding hydrogens is 290 g/mol. The van der Waals surface area contributed by atoms with Crippen molar-refractivity contribution in [3.63, 3.8) is 0 Å². The Morgan fingerprint density at radius 2 is 2.00 bits per heavy atom. The van der Waals surface area contributed by atoms with Gasteiger partial charge >= 0.3 is 0 Å². The third kappa shape index (κ3) is 3.96. The molecule has 2 aromatic rings. The van der Waals surface area contributed by atoms with Crippen LogP contribution in [-0.2, 0) is 4.79 Å². The molecule has 0 unspecified atom stereocenters. The molecule has 0 aliphatic carbocycles. The Kier molecular flexibility index (Phi) is 4.44. The van der Waals surface area contributed by atoms with Crippen LogP contribution in [0.15, 0.2) is 30.3 Å². The van der Waals surface area contributed by atoms with Gasteiger partial charge in [0, 0.05) is 23.1 Å². The number of thiazole rings is 1. The molecule has 0 aliphatic heterocycles. The van der Waals surface area contributed by atoms with Crippen LogP contribution in [-0.4, -0.2) is 15.8 Å². The molecule has 0 radical (unpaired) electrons. The fourth-order valence-electron chi connectivity index (χ4n) is 1.55. The number of hydrogen-bond donors (Lipinski definition) is 1. The summed E-state index contributed by atoms with van der Waals surface area (Å²) in [5.74, 6) is -0.290. The molecule has 108 valence electrons. The predicted molar refractivity (Wildman–Crippen MR) is 82.3 cm³/mol. The van der Waals surface area contributed by atoms with Crippen molar-refractivity contribution in [2.75, 3.05) is 5.32 Å². The highest BCUT2D eigenvalue weighted by Gasteiger charge is 2.06. The SMILES string of the molecule is Cc1nc(NC(=O)/C=C\c2ccc([N+](=O)[O-])cc2)sc1C. The number of amides is 1. The second-order valence-corrected chi connectivity index (χ2v) is 5.54. The van der Waals surface area contributed by atoms with E-state index in [4.69, 9.17) is 0 Å². The monoisotopic (exact) mass is 303 g/mol. The number of aromatic nitrogens is 1. The maximum Gasteiger partial charge on any atom is 0.269 e. The number of benzene rings is 1. The second kappa shape index (κ2) is 6.27. The molecule has 1 amide bonds. The van der Waals surface area contributed by atoms with Crippen LogP contribution in [0.5, 0.6) is 0 Å². The summed E-state index contributed by atoms with van der Waals surface area (Å²) < 4.78 is 0. The summed E-state index contributed by atoms with van der Waals surface area (Å²) in [6.45, 7) is 3.82. The van der Waals surface area contributed by atoms with Gasteiger partial charge in [-0.1, -0.05) is 0 Å². The molecule has 0 aliphatic rings. The topological polar surface area (TPSA) is 85.1 Å². The molecule has 1 aromatic carbocycles. The molecule has 0 atom stereocenters.